The number of aromatic nitrogens is 3. The first-order valence-electron chi connectivity index (χ1n) is 19.4. The van der Waals surface area contributed by atoms with Crippen molar-refractivity contribution in [3.63, 3.8) is 0 Å². The second-order valence-electron chi connectivity index (χ2n) is 14.9. The normalized spacial score (nSPS) is 13.1. The van der Waals surface area contributed by atoms with Crippen molar-refractivity contribution in [1.29, 1.82) is 0 Å². The Labute approximate surface area is 334 Å². The summed E-state index contributed by atoms with van der Waals surface area (Å²) in [7, 11) is -2.89. The molecule has 11 aromatic rings. The molecule has 0 spiro atoms. The van der Waals surface area contributed by atoms with Gasteiger partial charge in [-0.25, -0.2) is 9.97 Å². The predicted octanol–water partition coefficient (Wildman–Crippen LogP) is 10.6. The molecule has 0 unspecified atom stereocenters. The molecule has 0 saturated heterocycles. The molecule has 4 heterocycles. The number of fused-ring (bicyclic) bond motifs is 10. The number of benzene rings is 8. The van der Waals surface area contributed by atoms with E-state index in [0.717, 1.165) is 39.2 Å². The first-order chi connectivity index (χ1) is 28.3. The van der Waals surface area contributed by atoms with E-state index < -0.39 is 8.07 Å². The largest absolute Gasteiger partial charge is 0.309 e. The van der Waals surface area contributed by atoms with Gasteiger partial charge in [0.1, 0.15) is 0 Å². The van der Waals surface area contributed by atoms with Gasteiger partial charge in [-0.2, -0.15) is 0 Å². The van der Waals surface area contributed by atoms with Crippen molar-refractivity contribution in [3.05, 3.63) is 200 Å². The zero-order valence-corrected chi connectivity index (χ0v) is 32.6. The maximum Gasteiger partial charge on any atom is 0.203 e. The van der Waals surface area contributed by atoms with Crippen molar-refractivity contribution in [3.8, 4) is 39.5 Å². The van der Waals surface area contributed by atoms with Crippen molar-refractivity contribution in [1.82, 2.24) is 14.5 Å². The lowest BCUT2D eigenvalue weighted by Crippen LogP contribution is -2.73. The molecule has 266 valence electrons. The van der Waals surface area contributed by atoms with Crippen LogP contribution in [0.25, 0.3) is 81.4 Å². The summed E-state index contributed by atoms with van der Waals surface area (Å²) < 4.78 is 5.07. The average Bonchev–Trinajstić information content (AvgIpc) is 3.93. The van der Waals surface area contributed by atoms with Gasteiger partial charge < -0.3 is 4.57 Å². The second kappa shape index (κ2) is 12.5. The number of thiophene rings is 1. The van der Waals surface area contributed by atoms with Gasteiger partial charge in [-0.1, -0.05) is 170 Å². The van der Waals surface area contributed by atoms with E-state index in [4.69, 9.17) is 9.97 Å². The third-order valence-electron chi connectivity index (χ3n) is 11.9. The van der Waals surface area contributed by atoms with Gasteiger partial charge in [0.2, 0.25) is 8.07 Å². The molecular weight excluding hydrogens is 727 g/mol. The van der Waals surface area contributed by atoms with Crippen LogP contribution in [-0.4, -0.2) is 22.6 Å². The Morgan fingerprint density at radius 1 is 0.474 bits per heavy atom. The van der Waals surface area contributed by atoms with Crippen molar-refractivity contribution in [2.24, 2.45) is 0 Å². The van der Waals surface area contributed by atoms with E-state index in [9.17, 15) is 0 Å². The lowest BCUT2D eigenvalue weighted by Gasteiger charge is -2.30. The smallest absolute Gasteiger partial charge is 0.203 e. The van der Waals surface area contributed by atoms with Crippen LogP contribution in [0.4, 0.5) is 0 Å². The van der Waals surface area contributed by atoms with Crippen LogP contribution in [0.5, 0.6) is 0 Å². The summed E-state index contributed by atoms with van der Waals surface area (Å²) in [5.74, 6) is 0.735. The topological polar surface area (TPSA) is 30.7 Å². The first-order valence-corrected chi connectivity index (χ1v) is 22.2. The molecule has 3 aromatic heterocycles. The number of nitrogens with zero attached hydrogens (tertiary/aromatic N) is 3. The van der Waals surface area contributed by atoms with Crippen molar-refractivity contribution in [2.75, 3.05) is 0 Å². The van der Waals surface area contributed by atoms with Crippen LogP contribution in [-0.2, 0) is 0 Å². The summed E-state index contributed by atoms with van der Waals surface area (Å²) in [6.07, 6.45) is 0. The minimum atomic E-state index is -2.89. The summed E-state index contributed by atoms with van der Waals surface area (Å²) in [5, 5.41) is 10.3. The molecular formula is C52H33N3SSi. The zero-order valence-electron chi connectivity index (χ0n) is 30.8. The van der Waals surface area contributed by atoms with E-state index >= 15 is 0 Å². The number of hydrogen-bond donors (Lipinski definition) is 0. The Morgan fingerprint density at radius 2 is 1.12 bits per heavy atom. The molecule has 0 radical (unpaired) electrons. The van der Waals surface area contributed by atoms with Crippen LogP contribution in [0.1, 0.15) is 0 Å². The van der Waals surface area contributed by atoms with Gasteiger partial charge in [0, 0.05) is 53.3 Å². The van der Waals surface area contributed by atoms with Crippen LogP contribution in [0.3, 0.4) is 0 Å². The van der Waals surface area contributed by atoms with E-state index in [-0.39, 0.29) is 0 Å². The van der Waals surface area contributed by atoms with Crippen LogP contribution >= 0.6 is 11.3 Å². The third-order valence-corrected chi connectivity index (χ3v) is 17.8. The molecule has 0 bridgehead atoms. The number of para-hydroxylation sites is 1. The maximum atomic E-state index is 5.79. The van der Waals surface area contributed by atoms with E-state index in [0.29, 0.717) is 0 Å². The van der Waals surface area contributed by atoms with E-state index in [1.807, 2.05) is 11.3 Å². The fourth-order valence-corrected chi connectivity index (χ4v) is 15.8. The van der Waals surface area contributed by atoms with Gasteiger partial charge in [0.15, 0.2) is 5.82 Å². The van der Waals surface area contributed by atoms with Crippen LogP contribution in [0.15, 0.2) is 200 Å². The molecule has 0 atom stereocenters. The third kappa shape index (κ3) is 4.64. The minimum absolute atomic E-state index is 0.735. The molecule has 1 aliphatic heterocycles. The molecule has 0 fully saturated rings. The zero-order chi connectivity index (χ0) is 37.5. The fraction of sp³-hybridized carbons (Fsp3) is 0. The minimum Gasteiger partial charge on any atom is -0.309 e. The Kier molecular flexibility index (Phi) is 7.12. The van der Waals surface area contributed by atoms with Gasteiger partial charge in [0.25, 0.3) is 0 Å². The monoisotopic (exact) mass is 759 g/mol. The molecule has 57 heavy (non-hydrogen) atoms. The van der Waals surface area contributed by atoms with Crippen molar-refractivity contribution < 1.29 is 0 Å². The second-order valence-corrected chi connectivity index (χ2v) is 19.6. The van der Waals surface area contributed by atoms with Crippen LogP contribution in [0.2, 0.25) is 0 Å². The maximum absolute atomic E-state index is 5.79. The van der Waals surface area contributed by atoms with Gasteiger partial charge in [-0.05, 0) is 51.5 Å². The van der Waals surface area contributed by atoms with Crippen LogP contribution in [0, 0.1) is 0 Å². The Hall–Kier alpha value is -6.92. The van der Waals surface area contributed by atoms with Crippen molar-refractivity contribution in [2.45, 2.75) is 0 Å². The fourth-order valence-electron chi connectivity index (χ4n) is 9.50. The molecule has 0 amide bonds. The molecule has 12 rings (SSSR count). The first kappa shape index (κ1) is 32.3. The highest BCUT2D eigenvalue weighted by atomic mass is 32.1. The lowest BCUT2D eigenvalue weighted by atomic mass is 10.0. The highest BCUT2D eigenvalue weighted by Gasteiger charge is 2.51. The molecule has 0 aliphatic carbocycles. The van der Waals surface area contributed by atoms with E-state index in [1.54, 1.807) is 0 Å². The Morgan fingerprint density at radius 3 is 1.91 bits per heavy atom. The Bertz CT molecular complexity index is 3310. The molecule has 0 N–H and O–H groups in total. The van der Waals surface area contributed by atoms with Crippen molar-refractivity contribution >= 4 is 82.3 Å². The summed E-state index contributed by atoms with van der Waals surface area (Å²) in [5.41, 5.74) is 8.88. The predicted molar refractivity (Wildman–Crippen MR) is 243 cm³/mol. The molecule has 5 heteroatoms. The van der Waals surface area contributed by atoms with Gasteiger partial charge in [-0.15, -0.1) is 11.3 Å². The van der Waals surface area contributed by atoms with Gasteiger partial charge in [-0.3, -0.25) is 0 Å². The summed E-state index contributed by atoms with van der Waals surface area (Å²) in [4.78, 5) is 11.3. The number of hydrogen-bond acceptors (Lipinski definition) is 3. The average molecular weight is 760 g/mol. The lowest BCUT2D eigenvalue weighted by molar-refractivity contribution is 1.17. The quantitative estimate of drug-likeness (QED) is 0.164. The van der Waals surface area contributed by atoms with Gasteiger partial charge in [0.05, 0.1) is 22.0 Å². The summed E-state index contributed by atoms with van der Waals surface area (Å²) >= 11 is 1.89. The van der Waals surface area contributed by atoms with Crippen LogP contribution < -0.4 is 20.9 Å². The molecule has 3 nitrogen and oxygen atoms in total. The highest BCUT2D eigenvalue weighted by molar-refractivity contribution is 7.26. The van der Waals surface area contributed by atoms with E-state index in [1.165, 1.54) is 63.1 Å². The Balaban J connectivity index is 1.14. The standard InChI is InChI=1S/C52H33N3SSi/c1-4-17-34(18-5-1)49-48-42-27-12-15-30-46(42)57(37-21-6-2-7-22-37,38-23-8-3-9-24-38)52(48)54-51(53-49)35-19-16-20-36(33-35)55-43-28-13-10-26-41(43)47-44(55)32-31-40-39-25-11-14-29-45(39)56-50(40)47/h1-33H. The van der Waals surface area contributed by atoms with E-state index in [2.05, 4.69) is 205 Å². The molecule has 1 aliphatic rings. The SMILES string of the molecule is c1ccc(-c2nc(-c3cccc(-n4c5ccccc5c5c6sc7ccccc7c6ccc54)c3)nc3c2-c2ccccc2[Si]3(c2ccccc2)c2ccccc2)cc1. The molecule has 0 saturated carbocycles. The summed E-state index contributed by atoms with van der Waals surface area (Å²) in [6, 6.07) is 72.9. The van der Waals surface area contributed by atoms with Gasteiger partial charge >= 0.3 is 0 Å². The number of rotatable bonds is 5. The molecule has 8 aromatic carbocycles. The summed E-state index contributed by atoms with van der Waals surface area (Å²) in [6.45, 7) is 0. The highest BCUT2D eigenvalue weighted by Crippen LogP contribution is 2.44.